The van der Waals surface area contributed by atoms with E-state index in [1.165, 1.54) is 0 Å². The van der Waals surface area contributed by atoms with Crippen LogP contribution in [0.1, 0.15) is 36.4 Å². The van der Waals surface area contributed by atoms with Gasteiger partial charge in [-0.25, -0.2) is 0 Å². The number of aromatic nitrogens is 2. The maximum Gasteiger partial charge on any atom is 0.269 e. The third-order valence-corrected chi connectivity index (χ3v) is 3.44. The highest BCUT2D eigenvalue weighted by molar-refractivity contribution is 5.22. The smallest absolute Gasteiger partial charge is 0.269 e. The Morgan fingerprint density at radius 1 is 1.47 bits per heavy atom. The maximum absolute atomic E-state index is 12.0. The van der Waals surface area contributed by atoms with Gasteiger partial charge in [-0.1, -0.05) is 0 Å². The molecule has 2 heterocycles. The Hall–Kier alpha value is -1.07. The number of aryl methyl sites for hydroxylation is 1. The molecule has 0 aliphatic carbocycles. The summed E-state index contributed by atoms with van der Waals surface area (Å²) < 4.78 is 6.94. The van der Waals surface area contributed by atoms with Gasteiger partial charge in [-0.15, -0.1) is 0 Å². The number of nitrogens with two attached hydrogens (primary N) is 1. The number of rotatable bonds is 4. The van der Waals surface area contributed by atoms with Crippen LogP contribution in [-0.4, -0.2) is 29.5 Å². The number of hydrogen-bond acceptors (Lipinski definition) is 3. The topological polar surface area (TPSA) is 73.0 Å². The third-order valence-electron chi connectivity index (χ3n) is 3.44. The fourth-order valence-electron chi connectivity index (χ4n) is 2.46. The largest absolute Gasteiger partial charge is 0.381 e. The van der Waals surface area contributed by atoms with E-state index in [0.29, 0.717) is 12.5 Å². The normalized spacial score (nSPS) is 17.5. The first-order chi connectivity index (χ1) is 8.24. The fourth-order valence-corrected chi connectivity index (χ4v) is 2.46. The van der Waals surface area contributed by atoms with Crippen LogP contribution in [0.5, 0.6) is 0 Å². The van der Waals surface area contributed by atoms with Gasteiger partial charge < -0.3 is 10.5 Å². The molecule has 0 unspecified atom stereocenters. The molecule has 96 valence electrons. The number of hydrogen-bond donors (Lipinski definition) is 2. The van der Waals surface area contributed by atoms with Crippen LogP contribution in [0, 0.1) is 0 Å². The van der Waals surface area contributed by atoms with E-state index >= 15 is 0 Å². The molecule has 0 amide bonds. The molecule has 0 aromatic carbocycles. The molecule has 0 atom stereocenters. The second-order valence-electron chi connectivity index (χ2n) is 4.65. The monoisotopic (exact) mass is 239 g/mol. The van der Waals surface area contributed by atoms with Gasteiger partial charge >= 0.3 is 0 Å². The molecular formula is C12H21N3O2. The van der Waals surface area contributed by atoms with Crippen LogP contribution in [0.15, 0.2) is 4.79 Å². The third kappa shape index (κ3) is 2.61. The molecule has 1 aliphatic heterocycles. The highest BCUT2D eigenvalue weighted by Crippen LogP contribution is 2.27. The van der Waals surface area contributed by atoms with Crippen LogP contribution in [0.2, 0.25) is 0 Å². The summed E-state index contributed by atoms with van der Waals surface area (Å²) in [6, 6.07) is 0. The van der Waals surface area contributed by atoms with Gasteiger partial charge in [-0.3, -0.25) is 14.6 Å². The van der Waals surface area contributed by atoms with Gasteiger partial charge in [0.2, 0.25) is 0 Å². The van der Waals surface area contributed by atoms with Crippen molar-refractivity contribution >= 4 is 0 Å². The van der Waals surface area contributed by atoms with E-state index in [1.54, 1.807) is 11.7 Å². The first-order valence-electron chi connectivity index (χ1n) is 6.29. The molecular weight excluding hydrogens is 218 g/mol. The molecule has 0 bridgehead atoms. The molecule has 1 saturated heterocycles. The Kier molecular flexibility index (Phi) is 4.02. The zero-order chi connectivity index (χ0) is 12.3. The second-order valence-corrected chi connectivity index (χ2v) is 4.65. The summed E-state index contributed by atoms with van der Waals surface area (Å²) >= 11 is 0. The predicted molar refractivity (Wildman–Crippen MR) is 66.2 cm³/mol. The van der Waals surface area contributed by atoms with Crippen molar-refractivity contribution in [2.45, 2.75) is 31.6 Å². The zero-order valence-electron chi connectivity index (χ0n) is 10.4. The van der Waals surface area contributed by atoms with E-state index in [4.69, 9.17) is 10.5 Å². The summed E-state index contributed by atoms with van der Waals surface area (Å²) in [5, 5.41) is 3.20. The van der Waals surface area contributed by atoms with E-state index in [0.717, 1.165) is 50.2 Å². The molecule has 3 N–H and O–H groups in total. The Morgan fingerprint density at radius 2 is 2.18 bits per heavy atom. The van der Waals surface area contributed by atoms with Crippen LogP contribution >= 0.6 is 0 Å². The molecule has 5 heteroatoms. The number of H-pyrrole nitrogens is 1. The average Bonchev–Trinajstić information content (AvgIpc) is 2.65. The van der Waals surface area contributed by atoms with Crippen molar-refractivity contribution in [2.24, 2.45) is 12.8 Å². The average molecular weight is 239 g/mol. The van der Waals surface area contributed by atoms with E-state index in [1.807, 2.05) is 0 Å². The molecule has 1 aromatic heterocycles. The van der Waals surface area contributed by atoms with Crippen LogP contribution < -0.4 is 11.3 Å². The van der Waals surface area contributed by atoms with Gasteiger partial charge in [-0.2, -0.15) is 0 Å². The summed E-state index contributed by atoms with van der Waals surface area (Å²) in [5.74, 6) is 0.436. The Bertz CT molecular complexity index is 416. The molecule has 1 aliphatic rings. The summed E-state index contributed by atoms with van der Waals surface area (Å²) in [5.41, 5.74) is 7.65. The number of aromatic amines is 1. The Labute approximate surface area is 101 Å². The SMILES string of the molecule is Cn1[nH]c(C2CCOCC2)c(CCCN)c1=O. The molecule has 1 fully saturated rings. The van der Waals surface area contributed by atoms with Crippen molar-refractivity contribution < 1.29 is 4.74 Å². The lowest BCUT2D eigenvalue weighted by Gasteiger charge is -2.21. The maximum atomic E-state index is 12.0. The van der Waals surface area contributed by atoms with Crippen molar-refractivity contribution in [3.05, 3.63) is 21.6 Å². The number of nitrogens with zero attached hydrogens (tertiary/aromatic N) is 1. The van der Waals surface area contributed by atoms with Crippen LogP contribution in [-0.2, 0) is 18.2 Å². The van der Waals surface area contributed by atoms with Gasteiger partial charge in [0, 0.05) is 37.4 Å². The Morgan fingerprint density at radius 3 is 2.82 bits per heavy atom. The molecule has 17 heavy (non-hydrogen) atoms. The van der Waals surface area contributed by atoms with Gasteiger partial charge in [0.05, 0.1) is 0 Å². The van der Waals surface area contributed by atoms with Crippen LogP contribution in [0.3, 0.4) is 0 Å². The summed E-state index contributed by atoms with van der Waals surface area (Å²) in [6.07, 6.45) is 3.63. The summed E-state index contributed by atoms with van der Waals surface area (Å²) in [4.78, 5) is 12.0. The molecule has 0 spiro atoms. The van der Waals surface area contributed by atoms with E-state index in [2.05, 4.69) is 5.10 Å². The standard InChI is InChI=1S/C12H21N3O2/c1-15-12(16)10(3-2-6-13)11(14-15)9-4-7-17-8-5-9/h9,14H,2-8,13H2,1H3. The van der Waals surface area contributed by atoms with Gasteiger partial charge in [-0.05, 0) is 32.2 Å². The quantitative estimate of drug-likeness (QED) is 0.803. The first-order valence-corrected chi connectivity index (χ1v) is 6.29. The van der Waals surface area contributed by atoms with Crippen LogP contribution in [0.25, 0.3) is 0 Å². The van der Waals surface area contributed by atoms with Crippen molar-refractivity contribution in [1.82, 2.24) is 9.78 Å². The first kappa shape index (κ1) is 12.4. The highest BCUT2D eigenvalue weighted by Gasteiger charge is 2.22. The predicted octanol–water partition coefficient (Wildman–Crippen LogP) is 0.499. The minimum absolute atomic E-state index is 0.0972. The highest BCUT2D eigenvalue weighted by atomic mass is 16.5. The zero-order valence-corrected chi connectivity index (χ0v) is 10.4. The van der Waals surface area contributed by atoms with Crippen molar-refractivity contribution in [1.29, 1.82) is 0 Å². The lowest BCUT2D eigenvalue weighted by atomic mass is 9.92. The lowest BCUT2D eigenvalue weighted by Crippen LogP contribution is -2.18. The van der Waals surface area contributed by atoms with E-state index < -0.39 is 0 Å². The summed E-state index contributed by atoms with van der Waals surface area (Å²) in [7, 11) is 1.77. The molecule has 2 rings (SSSR count). The minimum atomic E-state index is 0.0972. The molecule has 0 radical (unpaired) electrons. The van der Waals surface area contributed by atoms with Crippen LogP contribution in [0.4, 0.5) is 0 Å². The molecule has 5 nitrogen and oxygen atoms in total. The second kappa shape index (κ2) is 5.51. The van der Waals surface area contributed by atoms with E-state index in [9.17, 15) is 4.79 Å². The number of nitrogens with one attached hydrogen (secondary N) is 1. The van der Waals surface area contributed by atoms with Gasteiger partial charge in [0.25, 0.3) is 5.56 Å². The van der Waals surface area contributed by atoms with Crippen molar-refractivity contribution in [3.63, 3.8) is 0 Å². The Balaban J connectivity index is 2.24. The van der Waals surface area contributed by atoms with E-state index in [-0.39, 0.29) is 5.56 Å². The summed E-state index contributed by atoms with van der Waals surface area (Å²) in [6.45, 7) is 2.21. The molecule has 1 aromatic rings. The lowest BCUT2D eigenvalue weighted by molar-refractivity contribution is 0.0842. The number of ether oxygens (including phenoxy) is 1. The fraction of sp³-hybridized carbons (Fsp3) is 0.750. The van der Waals surface area contributed by atoms with Gasteiger partial charge in [0.1, 0.15) is 0 Å². The van der Waals surface area contributed by atoms with Crippen molar-refractivity contribution in [2.75, 3.05) is 19.8 Å². The molecule has 0 saturated carbocycles. The van der Waals surface area contributed by atoms with Crippen molar-refractivity contribution in [3.8, 4) is 0 Å². The minimum Gasteiger partial charge on any atom is -0.381 e. The van der Waals surface area contributed by atoms with Gasteiger partial charge in [0.15, 0.2) is 0 Å².